The van der Waals surface area contributed by atoms with Gasteiger partial charge in [0.2, 0.25) is 21.6 Å². The molecule has 1 aromatic heterocycles. The molecule has 0 aliphatic heterocycles. The molecule has 102 valence electrons. The molecule has 0 aliphatic rings. The van der Waals surface area contributed by atoms with E-state index in [9.17, 15) is 13.2 Å². The molecule has 0 aromatic carbocycles. The summed E-state index contributed by atoms with van der Waals surface area (Å²) in [4.78, 5) is 11.3. The van der Waals surface area contributed by atoms with Crippen LogP contribution in [0.25, 0.3) is 0 Å². The molecule has 1 N–H and O–H groups in total. The van der Waals surface area contributed by atoms with Crippen molar-refractivity contribution in [1.29, 1.82) is 0 Å². The predicted molar refractivity (Wildman–Crippen MR) is 63.6 cm³/mol. The fourth-order valence-electron chi connectivity index (χ4n) is 1.22. The second kappa shape index (κ2) is 6.48. The van der Waals surface area contributed by atoms with E-state index in [2.05, 4.69) is 15.5 Å². The minimum Gasteiger partial charge on any atom is -0.412 e. The van der Waals surface area contributed by atoms with Gasteiger partial charge in [-0.15, -0.1) is 5.10 Å². The summed E-state index contributed by atoms with van der Waals surface area (Å²) >= 11 is 0. The quantitative estimate of drug-likeness (QED) is 0.769. The smallest absolute Gasteiger partial charge is 0.335 e. The van der Waals surface area contributed by atoms with Gasteiger partial charge in [0.15, 0.2) is 0 Å². The average molecular weight is 275 g/mol. The third kappa shape index (κ3) is 4.82. The first-order valence-electron chi connectivity index (χ1n) is 5.72. The van der Waals surface area contributed by atoms with Crippen molar-refractivity contribution in [2.24, 2.45) is 0 Å². The second-order valence-electron chi connectivity index (χ2n) is 3.94. The number of rotatable bonds is 7. The largest absolute Gasteiger partial charge is 0.412 e. The van der Waals surface area contributed by atoms with Crippen LogP contribution in [-0.4, -0.2) is 37.3 Å². The summed E-state index contributed by atoms with van der Waals surface area (Å²) in [5.41, 5.74) is 0. The first-order chi connectivity index (χ1) is 8.43. The Balaban J connectivity index is 2.36. The van der Waals surface area contributed by atoms with Crippen LogP contribution in [0.1, 0.15) is 32.1 Å². The van der Waals surface area contributed by atoms with E-state index in [1.165, 1.54) is 0 Å². The van der Waals surface area contributed by atoms with E-state index in [4.69, 9.17) is 4.42 Å². The van der Waals surface area contributed by atoms with Gasteiger partial charge in [0.1, 0.15) is 0 Å². The molecule has 0 saturated carbocycles. The number of sulfone groups is 1. The van der Waals surface area contributed by atoms with Gasteiger partial charge >= 0.3 is 5.22 Å². The lowest BCUT2D eigenvalue weighted by Gasteiger charge is -2.01. The van der Waals surface area contributed by atoms with E-state index in [-0.39, 0.29) is 11.8 Å². The number of nitrogens with zero attached hydrogens (tertiary/aromatic N) is 2. The number of hydrogen-bond donors (Lipinski definition) is 1. The Kier molecular flexibility index (Phi) is 5.26. The molecule has 0 saturated heterocycles. The fourth-order valence-corrected chi connectivity index (χ4v) is 1.66. The molecule has 1 rings (SSSR count). The van der Waals surface area contributed by atoms with Crippen LogP contribution in [0.2, 0.25) is 0 Å². The topological polar surface area (TPSA) is 102 Å². The highest BCUT2D eigenvalue weighted by atomic mass is 32.2. The monoisotopic (exact) mass is 275 g/mol. The van der Waals surface area contributed by atoms with Crippen molar-refractivity contribution in [2.45, 2.75) is 37.8 Å². The number of hydrogen-bond acceptors (Lipinski definition) is 6. The minimum absolute atomic E-state index is 0.0281. The molecular formula is C10H17N3O4S. The van der Waals surface area contributed by atoms with Gasteiger partial charge in [-0.05, 0) is 6.42 Å². The van der Waals surface area contributed by atoms with E-state index in [0.717, 1.165) is 19.1 Å². The predicted octanol–water partition coefficient (Wildman–Crippen LogP) is 0.322. The molecule has 1 amide bonds. The Morgan fingerprint density at radius 2 is 2.11 bits per heavy atom. The summed E-state index contributed by atoms with van der Waals surface area (Å²) in [6.45, 7) is 2.37. The normalized spacial score (nSPS) is 11.4. The lowest BCUT2D eigenvalue weighted by molar-refractivity contribution is -0.121. The molecule has 0 aliphatic carbocycles. The molecule has 0 bridgehead atoms. The summed E-state index contributed by atoms with van der Waals surface area (Å²) in [6.07, 6.45) is 3.63. The highest BCUT2D eigenvalue weighted by Crippen LogP contribution is 2.06. The van der Waals surface area contributed by atoms with Crippen molar-refractivity contribution in [1.82, 2.24) is 15.5 Å². The van der Waals surface area contributed by atoms with Crippen LogP contribution in [0.3, 0.4) is 0 Å². The van der Waals surface area contributed by atoms with Crippen LogP contribution in [0, 0.1) is 0 Å². The Morgan fingerprint density at radius 1 is 1.39 bits per heavy atom. The Labute approximate surface area is 106 Å². The van der Waals surface area contributed by atoms with Crippen LogP contribution in [0.5, 0.6) is 0 Å². The Hall–Kier alpha value is -1.44. The van der Waals surface area contributed by atoms with E-state index in [0.29, 0.717) is 19.4 Å². The molecule has 1 aromatic rings. The van der Waals surface area contributed by atoms with E-state index in [1.807, 2.05) is 6.92 Å². The van der Waals surface area contributed by atoms with Gasteiger partial charge in [-0.1, -0.05) is 18.4 Å². The minimum atomic E-state index is -3.46. The lowest BCUT2D eigenvalue weighted by Crippen LogP contribution is -2.25. The van der Waals surface area contributed by atoms with Crippen LogP contribution >= 0.6 is 0 Å². The zero-order valence-corrected chi connectivity index (χ0v) is 11.3. The van der Waals surface area contributed by atoms with Gasteiger partial charge in [-0.2, -0.15) is 0 Å². The molecule has 0 atom stereocenters. The Morgan fingerprint density at radius 3 is 2.67 bits per heavy atom. The van der Waals surface area contributed by atoms with Crippen molar-refractivity contribution in [3.05, 3.63) is 5.89 Å². The zero-order chi connectivity index (χ0) is 13.6. The van der Waals surface area contributed by atoms with Crippen LogP contribution < -0.4 is 5.32 Å². The molecular weight excluding hydrogens is 258 g/mol. The summed E-state index contributed by atoms with van der Waals surface area (Å²) in [5.74, 6) is 0.172. The molecule has 7 nitrogen and oxygen atoms in total. The van der Waals surface area contributed by atoms with Crippen molar-refractivity contribution in [2.75, 3.05) is 12.8 Å². The SMILES string of the molecule is CCCCC(=O)NCCc1nnc(S(C)(=O)=O)o1. The number of carbonyl (C=O) groups is 1. The van der Waals surface area contributed by atoms with Crippen molar-refractivity contribution in [3.8, 4) is 0 Å². The third-order valence-electron chi connectivity index (χ3n) is 2.18. The zero-order valence-electron chi connectivity index (χ0n) is 10.5. The number of nitrogens with one attached hydrogen (secondary N) is 1. The van der Waals surface area contributed by atoms with Gasteiger partial charge in [0.25, 0.3) is 0 Å². The van der Waals surface area contributed by atoms with Gasteiger partial charge in [0, 0.05) is 25.6 Å². The lowest BCUT2D eigenvalue weighted by atomic mass is 10.2. The summed E-state index contributed by atoms with van der Waals surface area (Å²) < 4.78 is 27.1. The summed E-state index contributed by atoms with van der Waals surface area (Å²) in [7, 11) is -3.46. The fraction of sp³-hybridized carbons (Fsp3) is 0.700. The number of carbonyl (C=O) groups excluding carboxylic acids is 1. The first kappa shape index (κ1) is 14.6. The van der Waals surface area contributed by atoms with E-state index < -0.39 is 15.1 Å². The molecule has 8 heteroatoms. The van der Waals surface area contributed by atoms with Crippen molar-refractivity contribution >= 4 is 15.7 Å². The second-order valence-corrected chi connectivity index (χ2v) is 5.83. The third-order valence-corrected chi connectivity index (χ3v) is 2.98. The molecule has 18 heavy (non-hydrogen) atoms. The van der Waals surface area contributed by atoms with Crippen molar-refractivity contribution in [3.63, 3.8) is 0 Å². The van der Waals surface area contributed by atoms with Crippen LogP contribution in [0.4, 0.5) is 0 Å². The number of amides is 1. The Bertz CT molecular complexity index is 495. The van der Waals surface area contributed by atoms with E-state index >= 15 is 0 Å². The molecule has 0 radical (unpaired) electrons. The maximum Gasteiger partial charge on any atom is 0.335 e. The first-order valence-corrected chi connectivity index (χ1v) is 7.61. The van der Waals surface area contributed by atoms with Gasteiger partial charge in [-0.3, -0.25) is 4.79 Å². The highest BCUT2D eigenvalue weighted by Gasteiger charge is 2.16. The number of aromatic nitrogens is 2. The maximum absolute atomic E-state index is 11.3. The number of unbranched alkanes of at least 4 members (excludes halogenated alkanes) is 1. The van der Waals surface area contributed by atoms with Gasteiger partial charge < -0.3 is 9.73 Å². The summed E-state index contributed by atoms with van der Waals surface area (Å²) in [6, 6.07) is 0. The molecule has 1 heterocycles. The summed E-state index contributed by atoms with van der Waals surface area (Å²) in [5, 5.41) is 9.32. The van der Waals surface area contributed by atoms with E-state index in [1.54, 1.807) is 0 Å². The maximum atomic E-state index is 11.3. The average Bonchev–Trinajstić information content (AvgIpc) is 2.74. The van der Waals surface area contributed by atoms with Crippen LogP contribution in [0.15, 0.2) is 9.64 Å². The standard InChI is InChI=1S/C10H17N3O4S/c1-3-4-5-8(14)11-7-6-9-12-13-10(17-9)18(2,15)16/h3-7H2,1-2H3,(H,11,14). The van der Waals surface area contributed by atoms with Crippen molar-refractivity contribution < 1.29 is 17.6 Å². The molecule has 0 unspecified atom stereocenters. The molecule has 0 fully saturated rings. The highest BCUT2D eigenvalue weighted by molar-refractivity contribution is 7.90. The van der Waals surface area contributed by atoms with Gasteiger partial charge in [-0.25, -0.2) is 8.42 Å². The molecule has 0 spiro atoms. The van der Waals surface area contributed by atoms with Gasteiger partial charge in [0.05, 0.1) is 0 Å². The van der Waals surface area contributed by atoms with Crippen LogP contribution in [-0.2, 0) is 21.1 Å².